The maximum absolute atomic E-state index is 9.78. The van der Waals surface area contributed by atoms with Crippen LogP contribution in [-0.2, 0) is 0 Å². The number of nitrogens with zero attached hydrogens (tertiary/aromatic N) is 2. The molecule has 0 aliphatic carbocycles. The van der Waals surface area contributed by atoms with Crippen molar-refractivity contribution in [2.45, 2.75) is 6.92 Å². The van der Waals surface area contributed by atoms with Crippen molar-refractivity contribution in [3.63, 3.8) is 0 Å². The first-order valence-electron chi connectivity index (χ1n) is 8.45. The molecule has 1 N–H and O–H groups in total. The first-order valence-corrected chi connectivity index (χ1v) is 8.45. The minimum atomic E-state index is 0.113. The Kier molecular flexibility index (Phi) is 5.78. The van der Waals surface area contributed by atoms with E-state index < -0.39 is 0 Å². The number of hydrogen-bond donors (Lipinski definition) is 1. The van der Waals surface area contributed by atoms with E-state index in [2.05, 4.69) is 10.2 Å². The molecule has 0 spiro atoms. The highest BCUT2D eigenvalue weighted by Gasteiger charge is 2.06. The van der Waals surface area contributed by atoms with Crippen molar-refractivity contribution >= 4 is 11.9 Å². The fraction of sp³-hybridized carbons (Fsp3) is 0.0909. The molecule has 0 aliphatic heterocycles. The number of phenols is 1. The van der Waals surface area contributed by atoms with Crippen LogP contribution < -0.4 is 4.74 Å². The lowest BCUT2D eigenvalue weighted by Crippen LogP contribution is -2.02. The second-order valence-electron chi connectivity index (χ2n) is 5.59. The number of aromatic hydroxyl groups is 1. The van der Waals surface area contributed by atoms with Crippen LogP contribution in [-0.4, -0.2) is 23.6 Å². The molecule has 0 heterocycles. The summed E-state index contributed by atoms with van der Waals surface area (Å²) in [7, 11) is 0. The molecule has 0 saturated heterocycles. The minimum Gasteiger partial charge on any atom is -0.504 e. The van der Waals surface area contributed by atoms with Crippen LogP contribution in [0.25, 0.3) is 0 Å². The molecule has 3 aromatic rings. The molecule has 0 aromatic heterocycles. The molecule has 3 rings (SSSR count). The van der Waals surface area contributed by atoms with Gasteiger partial charge in [0.05, 0.1) is 12.8 Å². The lowest BCUT2D eigenvalue weighted by molar-refractivity contribution is 0.318. The molecule has 0 bridgehead atoms. The van der Waals surface area contributed by atoms with Gasteiger partial charge in [-0.15, -0.1) is 5.10 Å². The maximum Gasteiger partial charge on any atom is 0.161 e. The molecule has 4 heteroatoms. The second-order valence-corrected chi connectivity index (χ2v) is 5.59. The standard InChI is InChI=1S/C22H20N2O2/c1-2-26-21-15-17(13-14-20(21)25)16-23-24-22(18-9-5-3-6-10-18)19-11-7-4-8-12-19/h3-16,25H,2H2,1H3/b23-16+. The number of ether oxygens (including phenoxy) is 1. The first kappa shape index (κ1) is 17.4. The van der Waals surface area contributed by atoms with Gasteiger partial charge >= 0.3 is 0 Å². The number of benzene rings is 3. The minimum absolute atomic E-state index is 0.113. The summed E-state index contributed by atoms with van der Waals surface area (Å²) in [6.07, 6.45) is 1.65. The van der Waals surface area contributed by atoms with Crippen LogP contribution in [0.1, 0.15) is 23.6 Å². The molecule has 3 aromatic carbocycles. The van der Waals surface area contributed by atoms with Crippen LogP contribution in [0, 0.1) is 0 Å². The lowest BCUT2D eigenvalue weighted by Gasteiger charge is -2.06. The highest BCUT2D eigenvalue weighted by molar-refractivity contribution is 6.12. The zero-order valence-corrected chi connectivity index (χ0v) is 14.5. The lowest BCUT2D eigenvalue weighted by atomic mass is 10.0. The van der Waals surface area contributed by atoms with Gasteiger partial charge in [-0.1, -0.05) is 60.7 Å². The number of hydrogen-bond acceptors (Lipinski definition) is 4. The van der Waals surface area contributed by atoms with E-state index >= 15 is 0 Å². The van der Waals surface area contributed by atoms with Crippen molar-refractivity contribution < 1.29 is 9.84 Å². The predicted octanol–water partition coefficient (Wildman–Crippen LogP) is 4.66. The van der Waals surface area contributed by atoms with Crippen LogP contribution in [0.2, 0.25) is 0 Å². The van der Waals surface area contributed by atoms with Gasteiger partial charge in [0.2, 0.25) is 0 Å². The molecule has 0 atom stereocenters. The fourth-order valence-corrected chi connectivity index (χ4v) is 2.51. The topological polar surface area (TPSA) is 54.2 Å². The Morgan fingerprint density at radius 2 is 1.54 bits per heavy atom. The average molecular weight is 344 g/mol. The third-order valence-electron chi connectivity index (χ3n) is 3.74. The van der Waals surface area contributed by atoms with Crippen molar-refractivity contribution in [3.8, 4) is 11.5 Å². The Morgan fingerprint density at radius 3 is 2.12 bits per heavy atom. The van der Waals surface area contributed by atoms with Gasteiger partial charge < -0.3 is 9.84 Å². The number of phenolic OH excluding ortho intramolecular Hbond substituents is 1. The van der Waals surface area contributed by atoms with Crippen molar-refractivity contribution in [1.82, 2.24) is 0 Å². The molecular weight excluding hydrogens is 324 g/mol. The molecule has 0 radical (unpaired) electrons. The molecule has 0 amide bonds. The third-order valence-corrected chi connectivity index (χ3v) is 3.74. The summed E-state index contributed by atoms with van der Waals surface area (Å²) in [5.41, 5.74) is 3.59. The summed E-state index contributed by atoms with van der Waals surface area (Å²) in [6, 6.07) is 25.0. The quantitative estimate of drug-likeness (QED) is 0.522. The van der Waals surface area contributed by atoms with Gasteiger partial charge in [-0.25, -0.2) is 0 Å². The van der Waals surface area contributed by atoms with Crippen molar-refractivity contribution in [2.75, 3.05) is 6.61 Å². The summed E-state index contributed by atoms with van der Waals surface area (Å²) in [5.74, 6) is 0.550. The predicted molar refractivity (Wildman–Crippen MR) is 105 cm³/mol. The Balaban J connectivity index is 1.92. The zero-order chi connectivity index (χ0) is 18.2. The second kappa shape index (κ2) is 8.62. The highest BCUT2D eigenvalue weighted by atomic mass is 16.5. The van der Waals surface area contributed by atoms with E-state index in [0.29, 0.717) is 12.4 Å². The first-order chi connectivity index (χ1) is 12.8. The van der Waals surface area contributed by atoms with Crippen LogP contribution in [0.4, 0.5) is 0 Å². The van der Waals surface area contributed by atoms with Gasteiger partial charge in [0.1, 0.15) is 5.71 Å². The molecule has 0 aliphatic rings. The summed E-state index contributed by atoms with van der Waals surface area (Å²) in [6.45, 7) is 2.36. The Bertz CT molecular complexity index is 862. The summed E-state index contributed by atoms with van der Waals surface area (Å²) < 4.78 is 5.40. The van der Waals surface area contributed by atoms with E-state index in [9.17, 15) is 5.11 Å². The summed E-state index contributed by atoms with van der Waals surface area (Å²) in [5, 5.41) is 18.5. The van der Waals surface area contributed by atoms with Gasteiger partial charge in [0, 0.05) is 11.1 Å². The van der Waals surface area contributed by atoms with Crippen LogP contribution >= 0.6 is 0 Å². The third kappa shape index (κ3) is 4.36. The normalized spacial score (nSPS) is 10.7. The highest BCUT2D eigenvalue weighted by Crippen LogP contribution is 2.26. The van der Waals surface area contributed by atoms with E-state index in [0.717, 1.165) is 22.4 Å². The Morgan fingerprint density at radius 1 is 0.923 bits per heavy atom. The van der Waals surface area contributed by atoms with E-state index in [1.807, 2.05) is 67.6 Å². The van der Waals surface area contributed by atoms with Crippen molar-refractivity contribution in [1.29, 1.82) is 0 Å². The number of rotatable bonds is 6. The SMILES string of the molecule is CCOc1cc(/C=N/N=C(c2ccccc2)c2ccccc2)ccc1O. The zero-order valence-electron chi connectivity index (χ0n) is 14.5. The van der Waals surface area contributed by atoms with E-state index in [1.54, 1.807) is 24.4 Å². The Labute approximate surface area is 153 Å². The van der Waals surface area contributed by atoms with Gasteiger partial charge in [0.25, 0.3) is 0 Å². The largest absolute Gasteiger partial charge is 0.504 e. The Hall–Kier alpha value is -3.40. The molecule has 0 fully saturated rings. The van der Waals surface area contributed by atoms with E-state index in [-0.39, 0.29) is 5.75 Å². The van der Waals surface area contributed by atoms with Gasteiger partial charge in [-0.2, -0.15) is 5.10 Å². The molecule has 0 unspecified atom stereocenters. The molecule has 26 heavy (non-hydrogen) atoms. The molecule has 4 nitrogen and oxygen atoms in total. The van der Waals surface area contributed by atoms with E-state index in [4.69, 9.17) is 4.74 Å². The van der Waals surface area contributed by atoms with Crippen molar-refractivity contribution in [2.24, 2.45) is 10.2 Å². The van der Waals surface area contributed by atoms with E-state index in [1.165, 1.54) is 0 Å². The monoisotopic (exact) mass is 344 g/mol. The van der Waals surface area contributed by atoms with Crippen molar-refractivity contribution in [3.05, 3.63) is 95.6 Å². The smallest absolute Gasteiger partial charge is 0.161 e. The fourth-order valence-electron chi connectivity index (χ4n) is 2.51. The molecule has 130 valence electrons. The maximum atomic E-state index is 9.78. The van der Waals surface area contributed by atoms with Gasteiger partial charge in [0.15, 0.2) is 11.5 Å². The van der Waals surface area contributed by atoms with Crippen LogP contribution in [0.3, 0.4) is 0 Å². The molecule has 0 saturated carbocycles. The average Bonchev–Trinajstić information content (AvgIpc) is 2.69. The summed E-state index contributed by atoms with van der Waals surface area (Å²) >= 11 is 0. The van der Waals surface area contributed by atoms with Crippen LogP contribution in [0.5, 0.6) is 11.5 Å². The molecular formula is C22H20N2O2. The van der Waals surface area contributed by atoms with Gasteiger partial charge in [-0.05, 0) is 30.7 Å². The van der Waals surface area contributed by atoms with Crippen LogP contribution in [0.15, 0.2) is 89.1 Å². The van der Waals surface area contributed by atoms with Gasteiger partial charge in [-0.3, -0.25) is 0 Å². The summed E-state index contributed by atoms with van der Waals surface area (Å²) in [4.78, 5) is 0.